The van der Waals surface area contributed by atoms with Gasteiger partial charge in [0.15, 0.2) is 0 Å². The van der Waals surface area contributed by atoms with Crippen molar-refractivity contribution < 1.29 is 4.74 Å². The zero-order valence-corrected chi connectivity index (χ0v) is 18.1. The fourth-order valence-corrected chi connectivity index (χ4v) is 4.41. The summed E-state index contributed by atoms with van der Waals surface area (Å²) in [5.41, 5.74) is 6.97. The summed E-state index contributed by atoms with van der Waals surface area (Å²) in [7, 11) is 0. The summed E-state index contributed by atoms with van der Waals surface area (Å²) in [4.78, 5) is 12.2. The molecule has 0 atom stereocenters. The minimum atomic E-state index is 0.235. The molecule has 0 bridgehead atoms. The van der Waals surface area contributed by atoms with Crippen LogP contribution in [0.5, 0.6) is 5.75 Å². The van der Waals surface area contributed by atoms with Gasteiger partial charge in [0.2, 0.25) is 0 Å². The number of piperidine rings is 1. The van der Waals surface area contributed by atoms with Crippen LogP contribution in [0.1, 0.15) is 12.8 Å². The third-order valence-corrected chi connectivity index (χ3v) is 6.10. The molecule has 0 radical (unpaired) electrons. The average Bonchev–Trinajstić information content (AvgIpc) is 3.53. The van der Waals surface area contributed by atoms with Crippen molar-refractivity contribution in [3.05, 3.63) is 73.3 Å². The number of aromatic nitrogens is 5. The van der Waals surface area contributed by atoms with Gasteiger partial charge in [0.05, 0.1) is 23.3 Å². The van der Waals surface area contributed by atoms with Crippen molar-refractivity contribution >= 4 is 10.9 Å². The maximum Gasteiger partial charge on any atom is 0.138 e. The molecule has 0 spiro atoms. The minimum Gasteiger partial charge on any atom is -0.489 e. The quantitative estimate of drug-likeness (QED) is 0.368. The van der Waals surface area contributed by atoms with E-state index in [2.05, 4.69) is 60.8 Å². The molecular weight excluding hydrogens is 412 g/mol. The van der Waals surface area contributed by atoms with Gasteiger partial charge >= 0.3 is 0 Å². The van der Waals surface area contributed by atoms with E-state index in [9.17, 15) is 0 Å². The van der Waals surface area contributed by atoms with Gasteiger partial charge in [-0.25, -0.2) is 0 Å². The van der Waals surface area contributed by atoms with Gasteiger partial charge in [0, 0.05) is 40.6 Å². The maximum atomic E-state index is 6.15. The molecule has 6 rings (SSSR count). The second-order valence-electron chi connectivity index (χ2n) is 8.33. The highest BCUT2D eigenvalue weighted by atomic mass is 16.5. The Hall–Kier alpha value is -3.97. The molecule has 1 aliphatic heterocycles. The van der Waals surface area contributed by atoms with Crippen LogP contribution < -0.4 is 10.1 Å². The van der Waals surface area contributed by atoms with Gasteiger partial charge in [-0.05, 0) is 61.8 Å². The van der Waals surface area contributed by atoms with Crippen LogP contribution in [0.2, 0.25) is 0 Å². The predicted octanol–water partition coefficient (Wildman–Crippen LogP) is 4.81. The van der Waals surface area contributed by atoms with Crippen LogP contribution in [0.4, 0.5) is 0 Å². The Balaban J connectivity index is 1.29. The van der Waals surface area contributed by atoms with Crippen molar-refractivity contribution in [2.45, 2.75) is 18.9 Å². The topological polar surface area (TPSA) is 91.5 Å². The average molecular weight is 437 g/mol. The monoisotopic (exact) mass is 436 g/mol. The molecule has 3 N–H and O–H groups in total. The second kappa shape index (κ2) is 8.52. The highest BCUT2D eigenvalue weighted by molar-refractivity contribution is 5.97. The first-order chi connectivity index (χ1) is 16.3. The van der Waals surface area contributed by atoms with Gasteiger partial charge in [0.25, 0.3) is 0 Å². The van der Waals surface area contributed by atoms with Crippen LogP contribution >= 0.6 is 0 Å². The van der Waals surface area contributed by atoms with E-state index >= 15 is 0 Å². The predicted molar refractivity (Wildman–Crippen MR) is 129 cm³/mol. The summed E-state index contributed by atoms with van der Waals surface area (Å²) >= 11 is 0. The molecule has 7 nitrogen and oxygen atoms in total. The zero-order valence-electron chi connectivity index (χ0n) is 18.1. The number of ether oxygens (including phenoxy) is 1. The van der Waals surface area contributed by atoms with Crippen LogP contribution in [0, 0.1) is 0 Å². The molecule has 5 aromatic rings. The van der Waals surface area contributed by atoms with Crippen molar-refractivity contribution in [3.63, 3.8) is 0 Å². The van der Waals surface area contributed by atoms with E-state index in [4.69, 9.17) is 4.74 Å². The molecule has 0 saturated carbocycles. The molecule has 1 aliphatic rings. The Morgan fingerprint density at radius 1 is 0.848 bits per heavy atom. The minimum absolute atomic E-state index is 0.235. The summed E-state index contributed by atoms with van der Waals surface area (Å²) in [6.45, 7) is 1.99. The van der Waals surface area contributed by atoms with Crippen LogP contribution in [0.25, 0.3) is 44.7 Å². The second-order valence-corrected chi connectivity index (χ2v) is 8.33. The zero-order chi connectivity index (χ0) is 22.0. The van der Waals surface area contributed by atoms with E-state index < -0.39 is 0 Å². The van der Waals surface area contributed by atoms with Gasteiger partial charge in [0.1, 0.15) is 11.9 Å². The van der Waals surface area contributed by atoms with Crippen molar-refractivity contribution in [2.75, 3.05) is 13.1 Å². The summed E-state index contributed by atoms with van der Waals surface area (Å²) in [5, 5.41) is 12.2. The van der Waals surface area contributed by atoms with Gasteiger partial charge in [-0.3, -0.25) is 15.1 Å². The number of H-pyrrole nitrogens is 2. The molecule has 0 amide bonds. The summed E-state index contributed by atoms with van der Waals surface area (Å²) in [6, 6.07) is 16.5. The molecule has 33 heavy (non-hydrogen) atoms. The smallest absolute Gasteiger partial charge is 0.138 e. The van der Waals surface area contributed by atoms with Gasteiger partial charge in [-0.2, -0.15) is 5.10 Å². The molecular formula is C26H24N6O. The number of fused-ring (bicyclic) bond motifs is 1. The SMILES string of the molecule is c1cncc(-c2cccc3[nH]c(-c4cc(-c5cncc(OC6CCNCC6)c5)n[nH]4)cc23)c1. The van der Waals surface area contributed by atoms with Crippen LogP contribution in [0.15, 0.2) is 73.3 Å². The number of nitrogens with one attached hydrogen (secondary N) is 3. The third-order valence-electron chi connectivity index (χ3n) is 6.10. The van der Waals surface area contributed by atoms with E-state index in [1.165, 1.54) is 0 Å². The molecule has 164 valence electrons. The normalized spacial score (nSPS) is 14.5. The number of benzene rings is 1. The highest BCUT2D eigenvalue weighted by Gasteiger charge is 2.16. The summed E-state index contributed by atoms with van der Waals surface area (Å²) < 4.78 is 6.15. The number of hydrogen-bond acceptors (Lipinski definition) is 5. The lowest BCUT2D eigenvalue weighted by molar-refractivity contribution is 0.162. The lowest BCUT2D eigenvalue weighted by Crippen LogP contribution is -2.34. The highest BCUT2D eigenvalue weighted by Crippen LogP contribution is 2.33. The molecule has 1 aromatic carbocycles. The van der Waals surface area contributed by atoms with E-state index in [1.807, 2.05) is 30.6 Å². The molecule has 0 unspecified atom stereocenters. The van der Waals surface area contributed by atoms with E-state index in [0.717, 1.165) is 76.4 Å². The lowest BCUT2D eigenvalue weighted by atomic mass is 10.0. The van der Waals surface area contributed by atoms with Crippen LogP contribution in [-0.4, -0.2) is 44.3 Å². The first-order valence-corrected chi connectivity index (χ1v) is 11.2. The third kappa shape index (κ3) is 3.99. The lowest BCUT2D eigenvalue weighted by Gasteiger charge is -2.23. The molecule has 1 fully saturated rings. The molecule has 1 saturated heterocycles. The molecule has 0 aliphatic carbocycles. The standard InChI is InChI=1S/C26H24N6O/c1-4-21(17-3-2-8-28-14-17)22-12-25(30-23(22)5-1)26-13-24(31-32-26)18-11-20(16-29-15-18)33-19-6-9-27-10-7-19/h1-5,8,11-16,19,27,30H,6-7,9-10H2,(H,31,32). The van der Waals surface area contributed by atoms with Gasteiger partial charge in [-0.1, -0.05) is 18.2 Å². The molecule has 5 heterocycles. The number of aromatic amines is 2. The Morgan fingerprint density at radius 2 is 1.76 bits per heavy atom. The maximum absolute atomic E-state index is 6.15. The Kier molecular flexibility index (Phi) is 5.08. The molecule has 7 heteroatoms. The van der Waals surface area contributed by atoms with Gasteiger partial charge < -0.3 is 15.0 Å². The molecule has 4 aromatic heterocycles. The number of rotatable bonds is 5. The van der Waals surface area contributed by atoms with E-state index in [1.54, 1.807) is 12.4 Å². The number of nitrogens with zero attached hydrogens (tertiary/aromatic N) is 3. The Morgan fingerprint density at radius 3 is 2.64 bits per heavy atom. The number of hydrogen-bond donors (Lipinski definition) is 3. The van der Waals surface area contributed by atoms with Crippen molar-refractivity contribution in [3.8, 4) is 39.5 Å². The first kappa shape index (κ1) is 19.7. The van der Waals surface area contributed by atoms with Crippen molar-refractivity contribution in [2.24, 2.45) is 0 Å². The summed E-state index contributed by atoms with van der Waals surface area (Å²) in [5.74, 6) is 0.788. The van der Waals surface area contributed by atoms with Crippen molar-refractivity contribution in [1.82, 2.24) is 30.5 Å². The Labute approximate surface area is 191 Å². The largest absolute Gasteiger partial charge is 0.489 e. The summed E-state index contributed by atoms with van der Waals surface area (Å²) in [6.07, 6.45) is 9.54. The fourth-order valence-electron chi connectivity index (χ4n) is 4.41. The fraction of sp³-hybridized carbons (Fsp3) is 0.192. The van der Waals surface area contributed by atoms with Crippen LogP contribution in [-0.2, 0) is 0 Å². The van der Waals surface area contributed by atoms with Crippen LogP contribution in [0.3, 0.4) is 0 Å². The van der Waals surface area contributed by atoms with Gasteiger partial charge in [-0.15, -0.1) is 0 Å². The number of pyridine rings is 2. The first-order valence-electron chi connectivity index (χ1n) is 11.2. The van der Waals surface area contributed by atoms with E-state index in [-0.39, 0.29) is 6.10 Å². The van der Waals surface area contributed by atoms with Crippen molar-refractivity contribution in [1.29, 1.82) is 0 Å². The Bertz CT molecular complexity index is 1380. The van der Waals surface area contributed by atoms with E-state index in [0.29, 0.717) is 0 Å².